The number of hydrogen-bond donors (Lipinski definition) is 0. The van der Waals surface area contributed by atoms with Gasteiger partial charge in [-0.15, -0.1) is 0 Å². The third kappa shape index (κ3) is 4.29. The van der Waals surface area contributed by atoms with Crippen molar-refractivity contribution in [2.45, 2.75) is 52.4 Å². The van der Waals surface area contributed by atoms with Crippen LogP contribution in [0.5, 0.6) is 5.75 Å². The Morgan fingerprint density at radius 2 is 1.45 bits per heavy atom. The van der Waals surface area contributed by atoms with E-state index < -0.39 is 0 Å². The molecule has 0 unspecified atom stereocenters. The third-order valence-electron chi connectivity index (χ3n) is 3.20. The van der Waals surface area contributed by atoms with Gasteiger partial charge < -0.3 is 9.47 Å². The van der Waals surface area contributed by atoms with Gasteiger partial charge >= 0.3 is 0 Å². The lowest BCUT2D eigenvalue weighted by molar-refractivity contribution is 0.176. The van der Waals surface area contributed by atoms with E-state index in [9.17, 15) is 0 Å². The van der Waals surface area contributed by atoms with Gasteiger partial charge in [-0.2, -0.15) is 0 Å². The highest BCUT2D eigenvalue weighted by Gasteiger charge is 2.26. The predicted octanol–water partition coefficient (Wildman–Crippen LogP) is 4.82. The summed E-state index contributed by atoms with van der Waals surface area (Å²) in [5.74, 6) is 1.00. The summed E-state index contributed by atoms with van der Waals surface area (Å²) in [7, 11) is 0. The Balaban J connectivity index is 3.16. The SMILES string of the molecule is C=COCCOc1c(C(C)(C)C)cccc1C(C)(C)C. The van der Waals surface area contributed by atoms with Gasteiger partial charge in [0.1, 0.15) is 19.0 Å². The van der Waals surface area contributed by atoms with Crippen LogP contribution < -0.4 is 4.74 Å². The van der Waals surface area contributed by atoms with Gasteiger partial charge in [-0.25, -0.2) is 0 Å². The number of rotatable bonds is 5. The van der Waals surface area contributed by atoms with E-state index in [0.717, 1.165) is 5.75 Å². The standard InChI is InChI=1S/C18H28O2/c1-8-19-12-13-20-16-14(17(2,3)4)10-9-11-15(16)18(5,6)7/h8-11H,1,12-13H2,2-7H3. The van der Waals surface area contributed by atoms with Crippen LogP contribution in [-0.2, 0) is 15.6 Å². The Labute approximate surface area is 123 Å². The number of benzene rings is 1. The van der Waals surface area contributed by atoms with Gasteiger partial charge in [0, 0.05) is 0 Å². The summed E-state index contributed by atoms with van der Waals surface area (Å²) in [5.41, 5.74) is 2.58. The minimum Gasteiger partial charge on any atom is -0.498 e. The fourth-order valence-corrected chi connectivity index (χ4v) is 2.15. The maximum atomic E-state index is 6.05. The van der Waals surface area contributed by atoms with Crippen LogP contribution in [0.4, 0.5) is 0 Å². The van der Waals surface area contributed by atoms with Crippen LogP contribution in [0.2, 0.25) is 0 Å². The van der Waals surface area contributed by atoms with Gasteiger partial charge in [-0.1, -0.05) is 66.3 Å². The van der Waals surface area contributed by atoms with E-state index in [2.05, 4.69) is 66.3 Å². The normalized spacial score (nSPS) is 12.1. The van der Waals surface area contributed by atoms with Crippen molar-refractivity contribution in [3.8, 4) is 5.75 Å². The first kappa shape index (κ1) is 16.6. The molecule has 20 heavy (non-hydrogen) atoms. The summed E-state index contributed by atoms with van der Waals surface area (Å²) < 4.78 is 11.2. The fraction of sp³-hybridized carbons (Fsp3) is 0.556. The second-order valence-electron chi connectivity index (χ2n) is 7.07. The zero-order valence-corrected chi connectivity index (χ0v) is 13.7. The molecular formula is C18H28O2. The summed E-state index contributed by atoms with van der Waals surface area (Å²) in [4.78, 5) is 0. The highest BCUT2D eigenvalue weighted by Crippen LogP contribution is 2.39. The molecule has 0 amide bonds. The molecule has 0 aliphatic heterocycles. The maximum Gasteiger partial charge on any atom is 0.126 e. The Morgan fingerprint density at radius 1 is 0.950 bits per heavy atom. The molecule has 0 fully saturated rings. The molecule has 0 heterocycles. The van der Waals surface area contributed by atoms with Crippen LogP contribution in [0.25, 0.3) is 0 Å². The van der Waals surface area contributed by atoms with E-state index in [1.807, 2.05) is 0 Å². The van der Waals surface area contributed by atoms with E-state index in [4.69, 9.17) is 9.47 Å². The molecule has 0 saturated carbocycles. The van der Waals surface area contributed by atoms with Crippen LogP contribution in [0.15, 0.2) is 31.0 Å². The van der Waals surface area contributed by atoms with Gasteiger partial charge in [0.05, 0.1) is 6.26 Å². The Bertz CT molecular complexity index is 415. The molecule has 112 valence electrons. The Morgan fingerprint density at radius 3 is 1.85 bits per heavy atom. The highest BCUT2D eigenvalue weighted by atomic mass is 16.5. The highest BCUT2D eigenvalue weighted by molar-refractivity contribution is 5.48. The molecule has 0 N–H and O–H groups in total. The number of para-hydroxylation sites is 1. The van der Waals surface area contributed by atoms with E-state index in [0.29, 0.717) is 13.2 Å². The van der Waals surface area contributed by atoms with Crippen LogP contribution in [0, 0.1) is 0 Å². The van der Waals surface area contributed by atoms with Gasteiger partial charge in [0.15, 0.2) is 0 Å². The average molecular weight is 276 g/mol. The van der Waals surface area contributed by atoms with Crippen molar-refractivity contribution in [3.05, 3.63) is 42.2 Å². The Hall–Kier alpha value is -1.44. The second kappa shape index (κ2) is 6.34. The van der Waals surface area contributed by atoms with Crippen molar-refractivity contribution in [1.82, 2.24) is 0 Å². The Kier molecular flexibility index (Phi) is 5.27. The van der Waals surface area contributed by atoms with Gasteiger partial charge in [-0.05, 0) is 22.0 Å². The van der Waals surface area contributed by atoms with Crippen molar-refractivity contribution in [1.29, 1.82) is 0 Å². The van der Waals surface area contributed by atoms with Crippen LogP contribution >= 0.6 is 0 Å². The summed E-state index contributed by atoms with van der Waals surface area (Å²) in [6.45, 7) is 17.9. The molecule has 0 spiro atoms. The zero-order valence-electron chi connectivity index (χ0n) is 13.7. The van der Waals surface area contributed by atoms with Crippen molar-refractivity contribution in [2.75, 3.05) is 13.2 Å². The van der Waals surface area contributed by atoms with Crippen molar-refractivity contribution in [2.24, 2.45) is 0 Å². The van der Waals surface area contributed by atoms with E-state index in [1.165, 1.54) is 17.4 Å². The molecule has 0 bridgehead atoms. The second-order valence-corrected chi connectivity index (χ2v) is 7.07. The van der Waals surface area contributed by atoms with Crippen molar-refractivity contribution < 1.29 is 9.47 Å². The largest absolute Gasteiger partial charge is 0.498 e. The molecule has 2 heteroatoms. The fourth-order valence-electron chi connectivity index (χ4n) is 2.15. The molecule has 2 nitrogen and oxygen atoms in total. The first-order valence-corrected chi connectivity index (χ1v) is 7.17. The lowest BCUT2D eigenvalue weighted by Crippen LogP contribution is -2.20. The lowest BCUT2D eigenvalue weighted by Gasteiger charge is -2.29. The molecule has 0 aliphatic rings. The smallest absolute Gasteiger partial charge is 0.126 e. The van der Waals surface area contributed by atoms with E-state index in [-0.39, 0.29) is 10.8 Å². The van der Waals surface area contributed by atoms with Crippen molar-refractivity contribution in [3.63, 3.8) is 0 Å². The molecule has 0 aliphatic carbocycles. The number of ether oxygens (including phenoxy) is 2. The van der Waals surface area contributed by atoms with Crippen LogP contribution in [0.3, 0.4) is 0 Å². The first-order valence-electron chi connectivity index (χ1n) is 7.17. The van der Waals surface area contributed by atoms with Gasteiger partial charge in [-0.3, -0.25) is 0 Å². The van der Waals surface area contributed by atoms with Crippen LogP contribution in [0.1, 0.15) is 52.7 Å². The molecule has 0 atom stereocenters. The summed E-state index contributed by atoms with van der Waals surface area (Å²) in [6.07, 6.45) is 1.45. The monoisotopic (exact) mass is 276 g/mol. The quantitative estimate of drug-likeness (QED) is 0.567. The average Bonchev–Trinajstić information content (AvgIpc) is 2.32. The van der Waals surface area contributed by atoms with E-state index in [1.54, 1.807) is 0 Å². The molecule has 0 aromatic heterocycles. The predicted molar refractivity (Wildman–Crippen MR) is 85.5 cm³/mol. The molecule has 0 radical (unpaired) electrons. The molecule has 1 aromatic carbocycles. The van der Waals surface area contributed by atoms with Crippen molar-refractivity contribution >= 4 is 0 Å². The van der Waals surface area contributed by atoms with Crippen LogP contribution in [-0.4, -0.2) is 13.2 Å². The molecular weight excluding hydrogens is 248 g/mol. The molecule has 1 rings (SSSR count). The summed E-state index contributed by atoms with van der Waals surface area (Å²) >= 11 is 0. The molecule has 0 saturated heterocycles. The zero-order chi connectivity index (χ0) is 15.4. The van der Waals surface area contributed by atoms with E-state index >= 15 is 0 Å². The first-order chi connectivity index (χ1) is 9.18. The lowest BCUT2D eigenvalue weighted by atomic mass is 9.79. The minimum absolute atomic E-state index is 0.0515. The third-order valence-corrected chi connectivity index (χ3v) is 3.20. The summed E-state index contributed by atoms with van der Waals surface area (Å²) in [6, 6.07) is 6.42. The topological polar surface area (TPSA) is 18.5 Å². The molecule has 1 aromatic rings. The number of hydrogen-bond acceptors (Lipinski definition) is 2. The minimum atomic E-state index is 0.0515. The van der Waals surface area contributed by atoms with Gasteiger partial charge in [0.2, 0.25) is 0 Å². The maximum absolute atomic E-state index is 6.05. The summed E-state index contributed by atoms with van der Waals surface area (Å²) in [5, 5.41) is 0. The van der Waals surface area contributed by atoms with Gasteiger partial charge in [0.25, 0.3) is 0 Å².